The average molecular weight is 250 g/mol. The van der Waals surface area contributed by atoms with Crippen molar-refractivity contribution in [2.75, 3.05) is 20.3 Å². The maximum absolute atomic E-state index is 10.4. The predicted molar refractivity (Wildman–Crippen MR) is 55.6 cm³/mol. The minimum absolute atomic E-state index is 0.151. The summed E-state index contributed by atoms with van der Waals surface area (Å²) in [6.45, 7) is 1.20. The summed E-state index contributed by atoms with van der Waals surface area (Å²) in [7, 11) is 1.46. The van der Waals surface area contributed by atoms with Crippen molar-refractivity contribution in [3.63, 3.8) is 0 Å². The number of hydrogen-bond donors (Lipinski definition) is 3. The van der Waals surface area contributed by atoms with Crippen molar-refractivity contribution >= 4 is 5.97 Å². The molecule has 1 fully saturated rings. The first kappa shape index (κ1) is 14.3. The number of carboxylic acid groups (broad SMARTS) is 1. The third kappa shape index (κ3) is 3.62. The Bertz CT molecular complexity index is 257. The smallest absolute Gasteiger partial charge is 0.329 e. The summed E-state index contributed by atoms with van der Waals surface area (Å²) in [6.07, 6.45) is -4.39. The summed E-state index contributed by atoms with van der Waals surface area (Å²) in [6, 6.07) is 0. The van der Waals surface area contributed by atoms with Crippen LogP contribution in [0.4, 0.5) is 0 Å². The molecule has 1 saturated heterocycles. The first-order chi connectivity index (χ1) is 7.97. The maximum atomic E-state index is 10.4. The third-order valence-electron chi connectivity index (χ3n) is 2.65. The Balaban J connectivity index is 2.67. The fraction of sp³-hybridized carbons (Fsp3) is 0.900. The Hall–Kier alpha value is -0.730. The van der Waals surface area contributed by atoms with Crippen LogP contribution >= 0.6 is 0 Å². The number of aliphatic hydroxyl groups excluding tert-OH is 2. The van der Waals surface area contributed by atoms with Gasteiger partial charge >= 0.3 is 5.97 Å². The lowest BCUT2D eigenvalue weighted by molar-refractivity contribution is -0.239. The van der Waals surface area contributed by atoms with Crippen LogP contribution in [0.2, 0.25) is 0 Å². The first-order valence-corrected chi connectivity index (χ1v) is 5.31. The van der Waals surface area contributed by atoms with Gasteiger partial charge in [0.1, 0.15) is 31.0 Å². The number of rotatable bonds is 5. The molecule has 0 amide bonds. The Kier molecular flexibility index (Phi) is 5.29. The Morgan fingerprint density at radius 3 is 2.53 bits per heavy atom. The molecule has 100 valence electrons. The van der Waals surface area contributed by atoms with Gasteiger partial charge in [0.2, 0.25) is 0 Å². The molecule has 0 spiro atoms. The van der Waals surface area contributed by atoms with Crippen molar-refractivity contribution in [2.45, 2.75) is 37.4 Å². The van der Waals surface area contributed by atoms with Crippen molar-refractivity contribution in [1.82, 2.24) is 0 Å². The molecule has 1 rings (SSSR count). The van der Waals surface area contributed by atoms with Gasteiger partial charge in [-0.25, -0.2) is 4.79 Å². The molecule has 0 aromatic rings. The number of carboxylic acids is 1. The number of ether oxygens (including phenoxy) is 3. The van der Waals surface area contributed by atoms with E-state index in [1.54, 1.807) is 6.92 Å². The van der Waals surface area contributed by atoms with Crippen molar-refractivity contribution in [3.8, 4) is 0 Å². The second-order valence-corrected chi connectivity index (χ2v) is 3.99. The number of aliphatic hydroxyl groups is 2. The fourth-order valence-corrected chi connectivity index (χ4v) is 1.80. The van der Waals surface area contributed by atoms with Gasteiger partial charge in [-0.15, -0.1) is 0 Å². The first-order valence-electron chi connectivity index (χ1n) is 5.31. The van der Waals surface area contributed by atoms with E-state index in [-0.39, 0.29) is 6.61 Å². The summed E-state index contributed by atoms with van der Waals surface area (Å²) in [4.78, 5) is 10.4. The Morgan fingerprint density at radius 2 is 2.00 bits per heavy atom. The molecule has 0 bridgehead atoms. The number of aliphatic carboxylic acids is 1. The molecule has 5 unspecified atom stereocenters. The van der Waals surface area contributed by atoms with Crippen LogP contribution in [0.25, 0.3) is 0 Å². The van der Waals surface area contributed by atoms with E-state index in [9.17, 15) is 15.0 Å². The van der Waals surface area contributed by atoms with Crippen molar-refractivity contribution < 1.29 is 34.3 Å². The molecule has 17 heavy (non-hydrogen) atoms. The molecule has 1 heterocycles. The van der Waals surface area contributed by atoms with Gasteiger partial charge in [-0.2, -0.15) is 0 Å². The van der Waals surface area contributed by atoms with Crippen LogP contribution in [0, 0.1) is 0 Å². The zero-order valence-electron chi connectivity index (χ0n) is 9.78. The summed E-state index contributed by atoms with van der Waals surface area (Å²) >= 11 is 0. The second kappa shape index (κ2) is 6.27. The minimum atomic E-state index is -1.20. The fourth-order valence-electron chi connectivity index (χ4n) is 1.80. The standard InChI is InChI=1S/C10H18O7/c1-5-8(13)9(14)10(16-4-7(11)12)6(17-5)3-15-2/h5-6,8-10,13-14H,3-4H2,1-2H3,(H,11,12). The zero-order chi connectivity index (χ0) is 13.0. The van der Waals surface area contributed by atoms with Crippen LogP contribution in [0.5, 0.6) is 0 Å². The van der Waals surface area contributed by atoms with Gasteiger partial charge in [0.25, 0.3) is 0 Å². The molecule has 0 aromatic heterocycles. The van der Waals surface area contributed by atoms with Crippen molar-refractivity contribution in [1.29, 1.82) is 0 Å². The summed E-state index contributed by atoms with van der Waals surface area (Å²) in [5.74, 6) is -1.15. The van der Waals surface area contributed by atoms with E-state index in [1.807, 2.05) is 0 Å². The average Bonchev–Trinajstić information content (AvgIpc) is 2.26. The summed E-state index contributed by atoms with van der Waals surface area (Å²) in [5, 5.41) is 28.0. The van der Waals surface area contributed by atoms with Gasteiger partial charge in [0, 0.05) is 7.11 Å². The monoisotopic (exact) mass is 250 g/mol. The molecule has 1 aliphatic heterocycles. The lowest BCUT2D eigenvalue weighted by Gasteiger charge is -2.41. The van der Waals surface area contributed by atoms with Crippen molar-refractivity contribution in [2.24, 2.45) is 0 Å². The molecule has 1 aliphatic rings. The van der Waals surface area contributed by atoms with E-state index >= 15 is 0 Å². The molecule has 7 nitrogen and oxygen atoms in total. The highest BCUT2D eigenvalue weighted by molar-refractivity contribution is 5.68. The predicted octanol–water partition coefficient (Wildman–Crippen LogP) is -1.39. The van der Waals surface area contributed by atoms with Gasteiger partial charge in [-0.1, -0.05) is 0 Å². The molecule has 3 N–H and O–H groups in total. The van der Waals surface area contributed by atoms with E-state index in [0.29, 0.717) is 0 Å². The van der Waals surface area contributed by atoms with Gasteiger partial charge < -0.3 is 29.5 Å². The zero-order valence-corrected chi connectivity index (χ0v) is 9.78. The molecule has 5 atom stereocenters. The maximum Gasteiger partial charge on any atom is 0.329 e. The lowest BCUT2D eigenvalue weighted by Crippen LogP contribution is -2.59. The van der Waals surface area contributed by atoms with Gasteiger partial charge in [-0.3, -0.25) is 0 Å². The van der Waals surface area contributed by atoms with Crippen LogP contribution < -0.4 is 0 Å². The van der Waals surface area contributed by atoms with Crippen LogP contribution in [0.3, 0.4) is 0 Å². The van der Waals surface area contributed by atoms with Crippen LogP contribution in [-0.4, -0.2) is 72.1 Å². The molecule has 0 saturated carbocycles. The largest absolute Gasteiger partial charge is 0.480 e. The number of carbonyl (C=O) groups is 1. The highest BCUT2D eigenvalue weighted by Crippen LogP contribution is 2.23. The minimum Gasteiger partial charge on any atom is -0.480 e. The third-order valence-corrected chi connectivity index (χ3v) is 2.65. The molecule has 0 radical (unpaired) electrons. The second-order valence-electron chi connectivity index (χ2n) is 3.99. The highest BCUT2D eigenvalue weighted by Gasteiger charge is 2.43. The number of methoxy groups -OCH3 is 1. The van der Waals surface area contributed by atoms with Crippen molar-refractivity contribution in [3.05, 3.63) is 0 Å². The van der Waals surface area contributed by atoms with Gasteiger partial charge in [0.05, 0.1) is 12.7 Å². The topological polar surface area (TPSA) is 105 Å². The van der Waals surface area contributed by atoms with E-state index in [0.717, 1.165) is 0 Å². The molecule has 7 heteroatoms. The molecular weight excluding hydrogens is 232 g/mol. The molecule has 0 aromatic carbocycles. The van der Waals surface area contributed by atoms with E-state index in [4.69, 9.17) is 19.3 Å². The van der Waals surface area contributed by atoms with E-state index < -0.39 is 43.1 Å². The number of hydrogen-bond acceptors (Lipinski definition) is 6. The van der Waals surface area contributed by atoms with E-state index in [1.165, 1.54) is 7.11 Å². The van der Waals surface area contributed by atoms with Gasteiger partial charge in [-0.05, 0) is 6.92 Å². The van der Waals surface area contributed by atoms with Crippen LogP contribution in [0.15, 0.2) is 0 Å². The quantitative estimate of drug-likeness (QED) is 0.551. The molecular formula is C10H18O7. The lowest BCUT2D eigenvalue weighted by atomic mass is 9.96. The van der Waals surface area contributed by atoms with Gasteiger partial charge in [0.15, 0.2) is 0 Å². The Labute approximate surface area is 98.9 Å². The SMILES string of the molecule is COCC1OC(C)C(O)C(O)C1OCC(=O)O. The van der Waals surface area contributed by atoms with E-state index in [2.05, 4.69) is 0 Å². The van der Waals surface area contributed by atoms with Crippen LogP contribution in [-0.2, 0) is 19.0 Å². The summed E-state index contributed by atoms with van der Waals surface area (Å²) < 4.78 is 15.3. The highest BCUT2D eigenvalue weighted by atomic mass is 16.6. The van der Waals surface area contributed by atoms with Crippen LogP contribution in [0.1, 0.15) is 6.92 Å². The molecule has 0 aliphatic carbocycles. The Morgan fingerprint density at radius 1 is 1.35 bits per heavy atom. The normalized spacial score (nSPS) is 38.0. The summed E-state index contributed by atoms with van der Waals surface area (Å²) in [5.41, 5.74) is 0.